The lowest BCUT2D eigenvalue weighted by molar-refractivity contribution is 0.121. The molecule has 0 aromatic carbocycles. The van der Waals surface area contributed by atoms with Crippen LogP contribution < -0.4 is 5.32 Å². The third-order valence-electron chi connectivity index (χ3n) is 3.32. The van der Waals surface area contributed by atoms with Gasteiger partial charge in [0.15, 0.2) is 0 Å². The Hall–Kier alpha value is -0.540. The summed E-state index contributed by atoms with van der Waals surface area (Å²) in [6.45, 7) is 4.66. The maximum Gasteiger partial charge on any atom is 0.110 e. The van der Waals surface area contributed by atoms with Gasteiger partial charge in [-0.25, -0.2) is 0 Å². The number of nitrogens with one attached hydrogen (secondary N) is 1. The van der Waals surface area contributed by atoms with Gasteiger partial charge in [-0.2, -0.15) is 0 Å². The summed E-state index contributed by atoms with van der Waals surface area (Å²) in [5.41, 5.74) is 0. The van der Waals surface area contributed by atoms with Crippen LogP contribution in [0.5, 0.6) is 0 Å². The van der Waals surface area contributed by atoms with Gasteiger partial charge in [-0.3, -0.25) is 0 Å². The minimum absolute atomic E-state index is 0.397. The standard InChI is InChI=1S/C12H22N2O/c1-14-6-5-11(10-14)8-13-9-12-4-2-3-7-15-12/h3,7,11-13H,2,4-6,8-10H2,1H3. The summed E-state index contributed by atoms with van der Waals surface area (Å²) in [5.74, 6) is 0.842. The van der Waals surface area contributed by atoms with Crippen molar-refractivity contribution in [2.24, 2.45) is 5.92 Å². The molecule has 2 aliphatic heterocycles. The van der Waals surface area contributed by atoms with Crippen LogP contribution in [0.2, 0.25) is 0 Å². The molecular formula is C12H22N2O. The van der Waals surface area contributed by atoms with Crippen LogP contribution in [0.3, 0.4) is 0 Å². The predicted molar refractivity (Wildman–Crippen MR) is 61.7 cm³/mol. The van der Waals surface area contributed by atoms with E-state index in [2.05, 4.69) is 23.3 Å². The Bertz CT molecular complexity index is 218. The minimum atomic E-state index is 0.397. The topological polar surface area (TPSA) is 24.5 Å². The quantitative estimate of drug-likeness (QED) is 0.755. The lowest BCUT2D eigenvalue weighted by Crippen LogP contribution is -2.33. The number of hydrogen-bond donors (Lipinski definition) is 1. The van der Waals surface area contributed by atoms with E-state index in [0.29, 0.717) is 6.10 Å². The third kappa shape index (κ3) is 3.50. The molecule has 2 aliphatic rings. The highest BCUT2D eigenvalue weighted by Gasteiger charge is 2.19. The highest BCUT2D eigenvalue weighted by atomic mass is 16.5. The number of likely N-dealkylation sites (tertiary alicyclic amines) is 1. The van der Waals surface area contributed by atoms with Crippen molar-refractivity contribution in [1.29, 1.82) is 0 Å². The molecule has 2 heterocycles. The Balaban J connectivity index is 1.56. The van der Waals surface area contributed by atoms with Crippen molar-refractivity contribution in [2.75, 3.05) is 33.2 Å². The summed E-state index contributed by atoms with van der Waals surface area (Å²) >= 11 is 0. The Kier molecular flexibility index (Phi) is 4.03. The first-order valence-corrected chi connectivity index (χ1v) is 6.04. The summed E-state index contributed by atoms with van der Waals surface area (Å²) in [4.78, 5) is 2.41. The molecule has 2 rings (SSSR count). The van der Waals surface area contributed by atoms with Gasteiger partial charge in [0.25, 0.3) is 0 Å². The Morgan fingerprint density at radius 3 is 3.00 bits per heavy atom. The van der Waals surface area contributed by atoms with Gasteiger partial charge in [-0.1, -0.05) is 0 Å². The second-order valence-electron chi connectivity index (χ2n) is 4.78. The average Bonchev–Trinajstić information content (AvgIpc) is 2.66. The molecule has 0 radical (unpaired) electrons. The summed E-state index contributed by atoms with van der Waals surface area (Å²) in [5, 5.41) is 3.53. The molecule has 2 unspecified atom stereocenters. The highest BCUT2D eigenvalue weighted by Crippen LogP contribution is 2.13. The van der Waals surface area contributed by atoms with E-state index in [1.165, 1.54) is 25.9 Å². The van der Waals surface area contributed by atoms with Crippen molar-refractivity contribution < 1.29 is 4.74 Å². The molecule has 0 bridgehead atoms. The lowest BCUT2D eigenvalue weighted by Gasteiger charge is -2.20. The van der Waals surface area contributed by atoms with Gasteiger partial charge in [-0.05, 0) is 51.4 Å². The van der Waals surface area contributed by atoms with Crippen LogP contribution in [0, 0.1) is 5.92 Å². The Morgan fingerprint density at radius 2 is 2.33 bits per heavy atom. The molecule has 1 saturated heterocycles. The summed E-state index contributed by atoms with van der Waals surface area (Å²) in [6, 6.07) is 0. The summed E-state index contributed by atoms with van der Waals surface area (Å²) in [7, 11) is 2.20. The molecule has 0 saturated carbocycles. The van der Waals surface area contributed by atoms with Crippen LogP contribution >= 0.6 is 0 Å². The molecule has 1 fully saturated rings. The number of allylic oxidation sites excluding steroid dienone is 1. The largest absolute Gasteiger partial charge is 0.497 e. The molecule has 3 nitrogen and oxygen atoms in total. The van der Waals surface area contributed by atoms with Gasteiger partial charge in [-0.15, -0.1) is 0 Å². The Morgan fingerprint density at radius 1 is 1.40 bits per heavy atom. The molecule has 0 aromatic heterocycles. The zero-order valence-electron chi connectivity index (χ0n) is 9.61. The summed E-state index contributed by atoms with van der Waals surface area (Å²) in [6.07, 6.45) is 8.01. The molecule has 0 aromatic rings. The van der Waals surface area contributed by atoms with Crippen LogP contribution in [-0.4, -0.2) is 44.2 Å². The fourth-order valence-electron chi connectivity index (χ4n) is 2.38. The summed E-state index contributed by atoms with van der Waals surface area (Å²) < 4.78 is 5.51. The monoisotopic (exact) mass is 210 g/mol. The smallest absolute Gasteiger partial charge is 0.110 e. The second kappa shape index (κ2) is 5.52. The lowest BCUT2D eigenvalue weighted by atomic mass is 10.1. The van der Waals surface area contributed by atoms with E-state index in [1.807, 2.05) is 6.26 Å². The molecule has 86 valence electrons. The van der Waals surface area contributed by atoms with Crippen molar-refractivity contribution in [1.82, 2.24) is 10.2 Å². The van der Waals surface area contributed by atoms with Gasteiger partial charge in [0, 0.05) is 13.1 Å². The number of hydrogen-bond acceptors (Lipinski definition) is 3. The fraction of sp³-hybridized carbons (Fsp3) is 0.833. The van der Waals surface area contributed by atoms with Gasteiger partial charge in [0.1, 0.15) is 6.10 Å². The number of nitrogens with zero attached hydrogens (tertiary/aromatic N) is 1. The molecule has 15 heavy (non-hydrogen) atoms. The van der Waals surface area contributed by atoms with E-state index >= 15 is 0 Å². The maximum atomic E-state index is 5.51. The van der Waals surface area contributed by atoms with Crippen LogP contribution in [0.1, 0.15) is 19.3 Å². The Labute approximate surface area is 92.5 Å². The molecule has 0 aliphatic carbocycles. The van der Waals surface area contributed by atoms with Gasteiger partial charge >= 0.3 is 0 Å². The second-order valence-corrected chi connectivity index (χ2v) is 4.78. The molecular weight excluding hydrogens is 188 g/mol. The van der Waals surface area contributed by atoms with Crippen LogP contribution in [-0.2, 0) is 4.74 Å². The predicted octanol–water partition coefficient (Wildman–Crippen LogP) is 1.22. The van der Waals surface area contributed by atoms with E-state index in [-0.39, 0.29) is 0 Å². The van der Waals surface area contributed by atoms with E-state index in [1.54, 1.807) is 0 Å². The normalized spacial score (nSPS) is 31.8. The van der Waals surface area contributed by atoms with Gasteiger partial charge in [0.05, 0.1) is 6.26 Å². The first-order valence-electron chi connectivity index (χ1n) is 6.04. The molecule has 0 spiro atoms. The van der Waals surface area contributed by atoms with Gasteiger partial charge in [0.2, 0.25) is 0 Å². The molecule has 1 N–H and O–H groups in total. The molecule has 3 heteroatoms. The van der Waals surface area contributed by atoms with Gasteiger partial charge < -0.3 is 15.0 Å². The highest BCUT2D eigenvalue weighted by molar-refractivity contribution is 4.83. The number of rotatable bonds is 4. The third-order valence-corrected chi connectivity index (χ3v) is 3.32. The first kappa shape index (κ1) is 11.0. The number of ether oxygens (including phenoxy) is 1. The van der Waals surface area contributed by atoms with E-state index in [4.69, 9.17) is 4.74 Å². The molecule has 2 atom stereocenters. The zero-order chi connectivity index (χ0) is 10.5. The zero-order valence-corrected chi connectivity index (χ0v) is 9.61. The van der Waals surface area contributed by atoms with Crippen LogP contribution in [0.4, 0.5) is 0 Å². The van der Waals surface area contributed by atoms with Crippen molar-refractivity contribution in [3.8, 4) is 0 Å². The average molecular weight is 210 g/mol. The SMILES string of the molecule is CN1CCC(CNCC2CCC=CO2)C1. The van der Waals surface area contributed by atoms with Crippen LogP contribution in [0.15, 0.2) is 12.3 Å². The van der Waals surface area contributed by atoms with E-state index in [0.717, 1.165) is 25.4 Å². The first-order chi connectivity index (χ1) is 7.34. The van der Waals surface area contributed by atoms with Crippen molar-refractivity contribution in [3.63, 3.8) is 0 Å². The fourth-order valence-corrected chi connectivity index (χ4v) is 2.38. The van der Waals surface area contributed by atoms with E-state index in [9.17, 15) is 0 Å². The van der Waals surface area contributed by atoms with E-state index < -0.39 is 0 Å². The minimum Gasteiger partial charge on any atom is -0.497 e. The van der Waals surface area contributed by atoms with Crippen LogP contribution in [0.25, 0.3) is 0 Å². The van der Waals surface area contributed by atoms with Crippen molar-refractivity contribution in [2.45, 2.75) is 25.4 Å². The molecule has 0 amide bonds. The van der Waals surface area contributed by atoms with Crippen molar-refractivity contribution in [3.05, 3.63) is 12.3 Å². The van der Waals surface area contributed by atoms with Crippen molar-refractivity contribution >= 4 is 0 Å². The maximum absolute atomic E-state index is 5.51.